The van der Waals surface area contributed by atoms with Crippen molar-refractivity contribution in [2.45, 2.75) is 401 Å². The fourth-order valence-corrected chi connectivity index (χ4v) is 13.5. The lowest BCUT2D eigenvalue weighted by molar-refractivity contribution is -0.379. The molecule has 3 aliphatic heterocycles. The molecule has 3 saturated heterocycles. The number of rotatable bonds is 65. The minimum atomic E-state index is -1.98. The molecule has 19 nitrogen and oxygen atoms in total. The maximum atomic E-state index is 13.5. The molecule has 17 atom stereocenters. The van der Waals surface area contributed by atoms with Gasteiger partial charge in [0, 0.05) is 6.42 Å². The summed E-state index contributed by atoms with van der Waals surface area (Å²) in [7, 11) is 0. The van der Waals surface area contributed by atoms with Crippen LogP contribution in [0.25, 0.3) is 0 Å². The quantitative estimate of drug-likeness (QED) is 0.0199. The maximum absolute atomic E-state index is 13.5. The molecule has 3 fully saturated rings. The molecule has 0 aromatic rings. The van der Waals surface area contributed by atoms with Crippen molar-refractivity contribution in [3.8, 4) is 0 Å². The van der Waals surface area contributed by atoms with E-state index in [4.69, 9.17) is 28.4 Å². The largest absolute Gasteiger partial charge is 0.394 e. The van der Waals surface area contributed by atoms with E-state index >= 15 is 0 Å². The molecule has 0 aromatic heterocycles. The summed E-state index contributed by atoms with van der Waals surface area (Å²) in [6.45, 7) is 1.70. The van der Waals surface area contributed by atoms with Gasteiger partial charge in [-0.25, -0.2) is 0 Å². The first-order chi connectivity index (χ1) is 51.3. The van der Waals surface area contributed by atoms with E-state index in [0.29, 0.717) is 12.8 Å². The highest BCUT2D eigenvalue weighted by Crippen LogP contribution is 2.33. The number of carbonyl (C=O) groups is 1. The Morgan fingerprint density at radius 1 is 0.352 bits per heavy atom. The number of aliphatic hydroxyl groups excluding tert-OH is 11. The van der Waals surface area contributed by atoms with Gasteiger partial charge < -0.3 is 89.9 Å². The molecule has 0 radical (unpaired) electrons. The summed E-state index contributed by atoms with van der Waals surface area (Å²) < 4.78 is 34.5. The summed E-state index contributed by atoms with van der Waals surface area (Å²) >= 11 is 0. The predicted molar refractivity (Wildman–Crippen MR) is 420 cm³/mol. The fraction of sp³-hybridized carbons (Fsp3) is 0.779. The van der Waals surface area contributed by atoms with Crippen LogP contribution in [-0.2, 0) is 33.2 Å². The van der Waals surface area contributed by atoms with Crippen LogP contribution < -0.4 is 5.32 Å². The van der Waals surface area contributed by atoms with E-state index < -0.39 is 124 Å². The van der Waals surface area contributed by atoms with Gasteiger partial charge in [0.1, 0.15) is 73.2 Å². The molecule has 0 aliphatic carbocycles. The molecule has 1 amide bonds. The van der Waals surface area contributed by atoms with Crippen molar-refractivity contribution in [3.63, 3.8) is 0 Å². The van der Waals surface area contributed by atoms with Gasteiger partial charge in [-0.2, -0.15) is 0 Å². The summed E-state index contributed by atoms with van der Waals surface area (Å²) in [5.41, 5.74) is 0. The van der Waals surface area contributed by atoms with E-state index in [1.807, 2.05) is 0 Å². The number of carbonyl (C=O) groups excluding carboxylic acids is 1. The second-order valence-electron chi connectivity index (χ2n) is 29.2. The highest BCUT2D eigenvalue weighted by atomic mass is 16.8. The summed E-state index contributed by atoms with van der Waals surface area (Å²) in [6, 6.07) is -0.908. The van der Waals surface area contributed by atoms with E-state index in [1.54, 1.807) is 0 Å². The second kappa shape index (κ2) is 65.2. The third-order valence-corrected chi connectivity index (χ3v) is 20.1. The first kappa shape index (κ1) is 95.7. The predicted octanol–water partition coefficient (Wildman–Crippen LogP) is 14.5. The number of amides is 1. The number of hydrogen-bond acceptors (Lipinski definition) is 18. The zero-order valence-corrected chi connectivity index (χ0v) is 64.9. The van der Waals surface area contributed by atoms with Crippen LogP contribution in [0.4, 0.5) is 0 Å². The van der Waals surface area contributed by atoms with Crippen LogP contribution in [0.5, 0.6) is 0 Å². The molecule has 17 unspecified atom stereocenters. The molecule has 3 heterocycles. The second-order valence-corrected chi connectivity index (χ2v) is 29.2. The summed E-state index contributed by atoms with van der Waals surface area (Å²) in [5.74, 6) is -0.263. The molecular weight excluding hydrogens is 1330 g/mol. The van der Waals surface area contributed by atoms with Crippen LogP contribution in [0.3, 0.4) is 0 Å². The van der Waals surface area contributed by atoms with Crippen LogP contribution in [0, 0.1) is 0 Å². The van der Waals surface area contributed by atoms with E-state index in [2.05, 4.69) is 129 Å². The lowest BCUT2D eigenvalue weighted by atomic mass is 9.96. The Morgan fingerprint density at radius 3 is 1.03 bits per heavy atom. The summed E-state index contributed by atoms with van der Waals surface area (Å²) in [5, 5.41) is 121. The van der Waals surface area contributed by atoms with E-state index in [-0.39, 0.29) is 18.9 Å². The summed E-state index contributed by atoms with van der Waals surface area (Å²) in [6.07, 6.45) is 63.1. The Balaban J connectivity index is 1.38. The van der Waals surface area contributed by atoms with Crippen molar-refractivity contribution >= 4 is 5.91 Å². The molecule has 3 rings (SSSR count). The first-order valence-corrected chi connectivity index (χ1v) is 41.6. The topological polar surface area (TPSA) is 307 Å². The smallest absolute Gasteiger partial charge is 0.220 e. The van der Waals surface area contributed by atoms with Crippen LogP contribution >= 0.6 is 0 Å². The molecule has 12 N–H and O–H groups in total. The highest BCUT2D eigenvalue weighted by molar-refractivity contribution is 5.76. The molecule has 0 spiro atoms. The molecule has 0 bridgehead atoms. The normalized spacial score (nSPS) is 26.4. The van der Waals surface area contributed by atoms with Gasteiger partial charge in [0.25, 0.3) is 0 Å². The van der Waals surface area contributed by atoms with Crippen LogP contribution in [-0.4, -0.2) is 193 Å². The molecule has 19 heteroatoms. The van der Waals surface area contributed by atoms with Gasteiger partial charge in [-0.3, -0.25) is 4.79 Å². The Bertz CT molecular complexity index is 2320. The standard InChI is InChI=1S/C86H149NO18/c1-3-5-7-9-11-13-15-17-19-21-23-25-27-29-31-32-33-34-35-36-38-40-42-44-46-48-50-52-54-56-58-60-62-64-74(92)87-69(70(91)63-61-59-57-55-53-51-49-47-45-43-41-39-37-30-28-26-24-22-20-18-16-14-12-10-8-6-4-2)68-100-84-80(98)77(95)82(72(66-89)102-84)105-86-81(99)78(96)83(73(67-90)103-86)104-85-79(97)76(94)75(93)71(65-88)101-85/h5,7,11,13,17,19,23,25,29,31,33-34,36,38,42,44,48,50,69-73,75-86,88-91,93-99H,3-4,6,8-10,12,14-16,18,20-22,24,26-28,30,32,35,37,39-41,43,45-47,49,51-68H2,1-2H3,(H,87,92)/b7-5-,13-11-,19-17-,25-23-,31-29-,34-33-,38-36-,44-42-,50-48-. The lowest BCUT2D eigenvalue weighted by Gasteiger charge is -2.48. The SMILES string of the molecule is CC/C=C\C/C=C\C/C=C\C/C=C\C/C=C\C/C=C\C/C=C\C/C=C\C/C=C\CCCCCCCC(=O)NC(COC1OC(CO)C(OC2OC(CO)C(OC3OC(CO)C(O)C(O)C3O)C(O)C2O)C(O)C1O)C(O)CCCCCCCCCCCCCCCCCCCCCCCCCCCCC. The van der Waals surface area contributed by atoms with Gasteiger partial charge in [0.2, 0.25) is 5.91 Å². The van der Waals surface area contributed by atoms with Gasteiger partial charge >= 0.3 is 0 Å². The number of unbranched alkanes of at least 4 members (excludes halogenated alkanes) is 31. The number of ether oxygens (including phenoxy) is 6. The van der Waals surface area contributed by atoms with Gasteiger partial charge in [-0.05, 0) is 83.5 Å². The number of nitrogens with one attached hydrogen (secondary N) is 1. The minimum Gasteiger partial charge on any atom is -0.394 e. The van der Waals surface area contributed by atoms with Crippen molar-refractivity contribution in [3.05, 3.63) is 109 Å². The third kappa shape index (κ3) is 44.8. The van der Waals surface area contributed by atoms with Crippen molar-refractivity contribution < 1.29 is 89.4 Å². The zero-order chi connectivity index (χ0) is 76.0. The molecular formula is C86H149NO18. The molecule has 0 aromatic carbocycles. The van der Waals surface area contributed by atoms with Crippen molar-refractivity contribution in [2.24, 2.45) is 0 Å². The fourth-order valence-electron chi connectivity index (χ4n) is 13.5. The molecule has 0 saturated carbocycles. The lowest BCUT2D eigenvalue weighted by Crippen LogP contribution is -2.66. The monoisotopic (exact) mass is 1480 g/mol. The van der Waals surface area contributed by atoms with Crippen LogP contribution in [0.1, 0.15) is 296 Å². The Hall–Kier alpha value is -3.55. The van der Waals surface area contributed by atoms with E-state index in [1.165, 1.54) is 148 Å². The third-order valence-electron chi connectivity index (χ3n) is 20.1. The maximum Gasteiger partial charge on any atom is 0.220 e. The number of hydrogen-bond donors (Lipinski definition) is 12. The van der Waals surface area contributed by atoms with Gasteiger partial charge in [-0.15, -0.1) is 0 Å². The Morgan fingerprint density at radius 2 is 0.657 bits per heavy atom. The van der Waals surface area contributed by atoms with Gasteiger partial charge in [0.05, 0.1) is 38.6 Å². The Labute approximate surface area is 634 Å². The minimum absolute atomic E-state index is 0.237. The molecule has 3 aliphatic rings. The molecule has 105 heavy (non-hydrogen) atoms. The highest BCUT2D eigenvalue weighted by Gasteiger charge is 2.54. The number of aliphatic hydroxyl groups is 11. The Kier molecular flexibility index (Phi) is 59.4. The zero-order valence-electron chi connectivity index (χ0n) is 64.9. The van der Waals surface area contributed by atoms with Crippen molar-refractivity contribution in [1.82, 2.24) is 5.32 Å². The summed E-state index contributed by atoms with van der Waals surface area (Å²) in [4.78, 5) is 13.5. The average Bonchev–Trinajstić information content (AvgIpc) is 0.780. The van der Waals surface area contributed by atoms with E-state index in [9.17, 15) is 61.0 Å². The average molecular weight is 1490 g/mol. The molecule has 606 valence electrons. The van der Waals surface area contributed by atoms with Crippen molar-refractivity contribution in [1.29, 1.82) is 0 Å². The van der Waals surface area contributed by atoms with E-state index in [0.717, 1.165) is 116 Å². The number of allylic oxidation sites excluding steroid dienone is 18. The van der Waals surface area contributed by atoms with Gasteiger partial charge in [0.15, 0.2) is 18.9 Å². The van der Waals surface area contributed by atoms with Crippen molar-refractivity contribution in [2.75, 3.05) is 26.4 Å². The van der Waals surface area contributed by atoms with Gasteiger partial charge in [-0.1, -0.05) is 316 Å². The first-order valence-electron chi connectivity index (χ1n) is 41.6. The van der Waals surface area contributed by atoms with Crippen LogP contribution in [0.15, 0.2) is 109 Å². The van der Waals surface area contributed by atoms with Crippen LogP contribution in [0.2, 0.25) is 0 Å².